The summed E-state index contributed by atoms with van der Waals surface area (Å²) in [5.41, 5.74) is 1.14. The molecule has 15 heteroatoms. The minimum atomic E-state index is -2.41. The van der Waals surface area contributed by atoms with Crippen LogP contribution in [0.1, 0.15) is 47.8 Å². The molecule has 1 aliphatic heterocycles. The first-order valence-electron chi connectivity index (χ1n) is 13.8. The zero-order valence-corrected chi connectivity index (χ0v) is 28.8. The summed E-state index contributed by atoms with van der Waals surface area (Å²) in [6.45, 7) is 21.8. The van der Waals surface area contributed by atoms with Gasteiger partial charge in [0.1, 0.15) is 29.9 Å². The lowest BCUT2D eigenvalue weighted by atomic mass is 10.1. The Morgan fingerprint density at radius 1 is 1.05 bits per heavy atom. The van der Waals surface area contributed by atoms with Gasteiger partial charge in [-0.05, 0) is 36.3 Å². The van der Waals surface area contributed by atoms with Gasteiger partial charge in [-0.2, -0.15) is 0 Å². The van der Waals surface area contributed by atoms with Gasteiger partial charge >= 0.3 is 6.03 Å². The SMILES string of the molecule is CNc1ncnc2c1ncn2[C@@H]1O[C@H](CO[Si](C)(C)C(C)(C)C)[C@@H](NC(=O)NC(=O)CCl)[C@H]1O[Si](C)(C)C(C)(C)C. The third-order valence-corrected chi connectivity index (χ3v) is 17.8. The second-order valence-corrected chi connectivity index (χ2v) is 23.3. The molecule has 1 aliphatic rings. The maximum Gasteiger partial charge on any atom is 0.321 e. The summed E-state index contributed by atoms with van der Waals surface area (Å²) < 4.78 is 22.1. The van der Waals surface area contributed by atoms with Crippen LogP contribution in [0.3, 0.4) is 0 Å². The van der Waals surface area contributed by atoms with Crippen LogP contribution in [-0.4, -0.2) is 85.9 Å². The fraction of sp³-hybridized carbons (Fsp3) is 0.731. The van der Waals surface area contributed by atoms with Crippen LogP contribution in [0, 0.1) is 0 Å². The van der Waals surface area contributed by atoms with Gasteiger partial charge in [0.05, 0.1) is 19.0 Å². The summed E-state index contributed by atoms with van der Waals surface area (Å²) in [5.74, 6) is -0.361. The molecule has 41 heavy (non-hydrogen) atoms. The maximum atomic E-state index is 13.0. The molecule has 0 aliphatic carbocycles. The highest BCUT2D eigenvalue weighted by Gasteiger charge is 2.52. The van der Waals surface area contributed by atoms with Gasteiger partial charge in [0.15, 0.2) is 34.3 Å². The molecule has 4 atom stereocenters. The molecule has 2 aromatic heterocycles. The van der Waals surface area contributed by atoms with Crippen molar-refractivity contribution in [2.75, 3.05) is 24.9 Å². The Labute approximate surface area is 249 Å². The van der Waals surface area contributed by atoms with E-state index in [4.69, 9.17) is 25.2 Å². The number of fused-ring (bicyclic) bond motifs is 1. The first-order chi connectivity index (χ1) is 18.8. The van der Waals surface area contributed by atoms with Crippen molar-refractivity contribution in [3.05, 3.63) is 12.7 Å². The van der Waals surface area contributed by atoms with Crippen LogP contribution in [0.4, 0.5) is 10.6 Å². The van der Waals surface area contributed by atoms with Crippen LogP contribution in [0.2, 0.25) is 36.3 Å². The second kappa shape index (κ2) is 12.2. The van der Waals surface area contributed by atoms with Gasteiger partial charge in [-0.3, -0.25) is 14.7 Å². The van der Waals surface area contributed by atoms with Gasteiger partial charge in [-0.1, -0.05) is 41.5 Å². The minimum absolute atomic E-state index is 0.0316. The van der Waals surface area contributed by atoms with Crippen molar-refractivity contribution in [2.24, 2.45) is 0 Å². The van der Waals surface area contributed by atoms with Gasteiger partial charge in [-0.15, -0.1) is 11.6 Å². The quantitative estimate of drug-likeness (QED) is 0.268. The number of imide groups is 1. The number of halogens is 1. The number of nitrogens with zero attached hydrogens (tertiary/aromatic N) is 4. The van der Waals surface area contributed by atoms with Crippen molar-refractivity contribution < 1.29 is 23.2 Å². The Morgan fingerprint density at radius 3 is 2.24 bits per heavy atom. The highest BCUT2D eigenvalue weighted by atomic mass is 35.5. The van der Waals surface area contributed by atoms with Gasteiger partial charge < -0.3 is 24.2 Å². The number of hydrogen-bond acceptors (Lipinski definition) is 9. The predicted molar refractivity (Wildman–Crippen MR) is 165 cm³/mol. The zero-order chi connectivity index (χ0) is 31.0. The Morgan fingerprint density at radius 2 is 1.68 bits per heavy atom. The van der Waals surface area contributed by atoms with Gasteiger partial charge in [-0.25, -0.2) is 19.7 Å². The standard InChI is InChI=1S/C26H46ClN7O5Si2/c1-25(2,3)40(8,9)37-13-16-18(33-24(36)32-17(35)12-27)20(39-41(10,11)26(4,5)6)23(38-16)34-15-31-19-21(28-7)29-14-30-22(19)34/h14-16,18,20,23H,12-13H2,1-11H3,(H,28,29,30)(H2,32,33,35,36)/t16-,18-,20-,23-/m1/s1. The first kappa shape index (κ1) is 33.4. The molecule has 0 radical (unpaired) electrons. The van der Waals surface area contributed by atoms with E-state index in [-0.39, 0.29) is 22.6 Å². The van der Waals surface area contributed by atoms with Crippen molar-refractivity contribution in [3.8, 4) is 0 Å². The van der Waals surface area contributed by atoms with Gasteiger partial charge in [0.2, 0.25) is 5.91 Å². The van der Waals surface area contributed by atoms with Crippen molar-refractivity contribution >= 4 is 57.2 Å². The third-order valence-electron chi connectivity index (χ3n) is 8.54. The average molecular weight is 628 g/mol. The van der Waals surface area contributed by atoms with Crippen LogP contribution in [0.25, 0.3) is 11.2 Å². The number of alkyl halides is 1. The number of rotatable bonds is 9. The van der Waals surface area contributed by atoms with E-state index in [0.717, 1.165) is 0 Å². The number of carbonyl (C=O) groups excluding carboxylic acids is 2. The maximum absolute atomic E-state index is 13.0. The van der Waals surface area contributed by atoms with Crippen LogP contribution in [0.5, 0.6) is 0 Å². The summed E-state index contributed by atoms with van der Waals surface area (Å²) >= 11 is 5.64. The van der Waals surface area contributed by atoms with E-state index in [9.17, 15) is 9.59 Å². The molecule has 3 rings (SSSR count). The summed E-state index contributed by atoms with van der Waals surface area (Å²) in [6.07, 6.45) is 1.17. The molecule has 2 aromatic rings. The number of ether oxygens (including phenoxy) is 1. The van der Waals surface area contributed by atoms with E-state index >= 15 is 0 Å². The van der Waals surface area contributed by atoms with E-state index in [2.05, 4.69) is 98.6 Å². The molecule has 0 saturated carbocycles. The Bertz CT molecular complexity index is 1250. The molecule has 230 valence electrons. The molecular weight excluding hydrogens is 582 g/mol. The number of carbonyl (C=O) groups is 2. The molecule has 12 nitrogen and oxygen atoms in total. The molecule has 3 amide bonds. The molecule has 0 spiro atoms. The number of aromatic nitrogens is 4. The van der Waals surface area contributed by atoms with E-state index in [0.29, 0.717) is 17.0 Å². The smallest absolute Gasteiger partial charge is 0.321 e. The number of nitrogens with one attached hydrogen (secondary N) is 3. The molecule has 0 aromatic carbocycles. The van der Waals surface area contributed by atoms with Crippen LogP contribution < -0.4 is 16.0 Å². The largest absolute Gasteiger partial charge is 0.414 e. The molecular formula is C26H46ClN7O5Si2. The predicted octanol–water partition coefficient (Wildman–Crippen LogP) is 4.61. The van der Waals surface area contributed by atoms with E-state index in [1.807, 2.05) is 4.57 Å². The lowest BCUT2D eigenvalue weighted by molar-refractivity contribution is -0.117. The molecule has 0 unspecified atom stereocenters. The number of amides is 3. The lowest BCUT2D eigenvalue weighted by Crippen LogP contribution is -2.57. The fourth-order valence-electron chi connectivity index (χ4n) is 4.00. The van der Waals surface area contributed by atoms with Crippen molar-refractivity contribution in [2.45, 2.75) is 102 Å². The zero-order valence-electron chi connectivity index (χ0n) is 26.1. The number of anilines is 1. The topological polar surface area (TPSA) is 142 Å². The Balaban J connectivity index is 2.10. The molecule has 1 fully saturated rings. The second-order valence-electron chi connectivity index (χ2n) is 13.5. The molecule has 0 bridgehead atoms. The number of hydrogen-bond donors (Lipinski definition) is 3. The summed E-state index contributed by atoms with van der Waals surface area (Å²) in [4.78, 5) is 38.3. The highest BCUT2D eigenvalue weighted by Crippen LogP contribution is 2.43. The van der Waals surface area contributed by atoms with E-state index < -0.39 is 53.1 Å². The summed E-state index contributed by atoms with van der Waals surface area (Å²) in [7, 11) is -2.82. The number of urea groups is 1. The van der Waals surface area contributed by atoms with E-state index in [1.165, 1.54) is 6.33 Å². The van der Waals surface area contributed by atoms with Crippen LogP contribution in [-0.2, 0) is 18.4 Å². The van der Waals surface area contributed by atoms with E-state index in [1.54, 1.807) is 13.4 Å². The third kappa shape index (κ3) is 7.28. The Hall–Kier alpha value is -2.11. The Kier molecular flexibility index (Phi) is 9.98. The summed E-state index contributed by atoms with van der Waals surface area (Å²) in [6, 6.07) is -1.34. The molecule has 1 saturated heterocycles. The molecule has 3 heterocycles. The van der Waals surface area contributed by atoms with Gasteiger partial charge in [0, 0.05) is 7.05 Å². The van der Waals surface area contributed by atoms with Gasteiger partial charge in [0.25, 0.3) is 0 Å². The average Bonchev–Trinajstić information content (AvgIpc) is 3.42. The van der Waals surface area contributed by atoms with Crippen LogP contribution in [0.15, 0.2) is 12.7 Å². The lowest BCUT2D eigenvalue weighted by Gasteiger charge is -2.41. The first-order valence-corrected chi connectivity index (χ1v) is 20.2. The van der Waals surface area contributed by atoms with Crippen molar-refractivity contribution in [1.29, 1.82) is 0 Å². The van der Waals surface area contributed by atoms with Crippen LogP contribution >= 0.6 is 11.6 Å². The summed E-state index contributed by atoms with van der Waals surface area (Å²) in [5, 5.41) is 8.12. The van der Waals surface area contributed by atoms with Crippen molar-refractivity contribution in [1.82, 2.24) is 30.2 Å². The highest BCUT2D eigenvalue weighted by molar-refractivity contribution is 6.74. The molecule has 3 N–H and O–H groups in total. The normalized spacial score (nSPS) is 22.1. The minimum Gasteiger partial charge on any atom is -0.414 e. The fourth-order valence-corrected chi connectivity index (χ4v) is 6.37. The number of imidazole rings is 1. The van der Waals surface area contributed by atoms with Crippen molar-refractivity contribution in [3.63, 3.8) is 0 Å². The monoisotopic (exact) mass is 627 g/mol.